The van der Waals surface area contributed by atoms with Gasteiger partial charge in [0.2, 0.25) is 0 Å². The van der Waals surface area contributed by atoms with E-state index in [1.807, 2.05) is 20.0 Å². The Kier molecular flexibility index (Phi) is 8.15. The average Bonchev–Trinajstić information content (AvgIpc) is 3.02. The first kappa shape index (κ1) is 21.4. The van der Waals surface area contributed by atoms with Gasteiger partial charge in [-0.1, -0.05) is 24.4 Å². The number of hydrogen-bond donors (Lipinski definition) is 2. The summed E-state index contributed by atoms with van der Waals surface area (Å²) in [7, 11) is 1.82. The largest absolute Gasteiger partial charge is 0.388 e. The van der Waals surface area contributed by atoms with Gasteiger partial charge in [-0.25, -0.2) is 0 Å². The fourth-order valence-corrected chi connectivity index (χ4v) is 3.80. The highest BCUT2D eigenvalue weighted by atomic mass is 127. The molecule has 3 rings (SSSR count). The third kappa shape index (κ3) is 5.82. The number of piperazine rings is 1. The van der Waals surface area contributed by atoms with Crippen LogP contribution in [0, 0.1) is 6.92 Å². The molecule has 7 nitrogen and oxygen atoms in total. The normalized spacial score (nSPS) is 21.3. The van der Waals surface area contributed by atoms with Crippen LogP contribution in [0.1, 0.15) is 43.6 Å². The predicted molar refractivity (Wildman–Crippen MR) is 113 cm³/mol. The molecule has 2 heterocycles. The Morgan fingerprint density at radius 3 is 2.54 bits per heavy atom. The smallest absolute Gasteiger partial charge is 0.193 e. The Hall–Kier alpha value is -0.870. The van der Waals surface area contributed by atoms with Gasteiger partial charge in [0, 0.05) is 52.4 Å². The molecule has 2 aliphatic rings. The number of halogens is 1. The number of aliphatic hydroxyl groups is 1. The molecular formula is C18H32IN5O2. The van der Waals surface area contributed by atoms with Crippen LogP contribution >= 0.6 is 24.0 Å². The fourth-order valence-electron chi connectivity index (χ4n) is 3.80. The molecule has 1 aromatic rings. The molecule has 148 valence electrons. The maximum Gasteiger partial charge on any atom is 0.193 e. The van der Waals surface area contributed by atoms with Crippen molar-refractivity contribution in [1.29, 1.82) is 0 Å². The summed E-state index contributed by atoms with van der Waals surface area (Å²) in [5.41, 5.74) is 0.425. The van der Waals surface area contributed by atoms with Crippen molar-refractivity contribution in [2.24, 2.45) is 4.99 Å². The number of aromatic nitrogens is 1. The summed E-state index contributed by atoms with van der Waals surface area (Å²) in [4.78, 5) is 9.07. The molecule has 2 fully saturated rings. The van der Waals surface area contributed by atoms with Crippen molar-refractivity contribution in [3.63, 3.8) is 0 Å². The summed E-state index contributed by atoms with van der Waals surface area (Å²) in [6.45, 7) is 7.14. The molecule has 0 spiro atoms. The van der Waals surface area contributed by atoms with E-state index in [1.165, 1.54) is 6.42 Å². The zero-order valence-corrected chi connectivity index (χ0v) is 18.2. The summed E-state index contributed by atoms with van der Waals surface area (Å²) in [5, 5.41) is 18.1. The Balaban J connectivity index is 0.00000243. The van der Waals surface area contributed by atoms with Gasteiger partial charge in [-0.3, -0.25) is 9.89 Å². The van der Waals surface area contributed by atoms with Crippen LogP contribution in [0.25, 0.3) is 0 Å². The van der Waals surface area contributed by atoms with Gasteiger partial charge in [0.25, 0.3) is 0 Å². The maximum absolute atomic E-state index is 10.7. The van der Waals surface area contributed by atoms with Crippen molar-refractivity contribution >= 4 is 29.9 Å². The molecule has 2 N–H and O–H groups in total. The summed E-state index contributed by atoms with van der Waals surface area (Å²) in [6, 6.07) is 2.00. The quantitative estimate of drug-likeness (QED) is 0.393. The minimum atomic E-state index is -0.569. The van der Waals surface area contributed by atoms with Crippen LogP contribution in [0.5, 0.6) is 0 Å². The Morgan fingerprint density at radius 1 is 1.27 bits per heavy atom. The van der Waals surface area contributed by atoms with Crippen LogP contribution in [-0.2, 0) is 6.54 Å². The van der Waals surface area contributed by atoms with E-state index in [-0.39, 0.29) is 24.0 Å². The van der Waals surface area contributed by atoms with Crippen LogP contribution in [0.4, 0.5) is 0 Å². The average molecular weight is 477 g/mol. The SMILES string of the molecule is CN=C(NCC1(O)CCCCC1)N1CCN(Cc2cc(C)on2)CC1.I. The zero-order valence-electron chi connectivity index (χ0n) is 15.9. The highest BCUT2D eigenvalue weighted by Gasteiger charge is 2.30. The van der Waals surface area contributed by atoms with E-state index in [9.17, 15) is 5.11 Å². The van der Waals surface area contributed by atoms with E-state index in [0.717, 1.165) is 75.8 Å². The van der Waals surface area contributed by atoms with Crippen LogP contribution < -0.4 is 5.32 Å². The molecule has 0 amide bonds. The van der Waals surface area contributed by atoms with Crippen LogP contribution in [0.15, 0.2) is 15.6 Å². The zero-order chi connectivity index (χ0) is 17.7. The molecule has 1 aliphatic carbocycles. The third-order valence-electron chi connectivity index (χ3n) is 5.31. The van der Waals surface area contributed by atoms with Crippen molar-refractivity contribution in [3.8, 4) is 0 Å². The molecule has 0 radical (unpaired) electrons. The van der Waals surface area contributed by atoms with Crippen LogP contribution in [0.2, 0.25) is 0 Å². The Morgan fingerprint density at radius 2 is 1.96 bits per heavy atom. The van der Waals surface area contributed by atoms with Gasteiger partial charge in [-0.05, 0) is 19.8 Å². The van der Waals surface area contributed by atoms with Gasteiger partial charge in [0.05, 0.1) is 11.3 Å². The number of nitrogens with zero attached hydrogens (tertiary/aromatic N) is 4. The van der Waals surface area contributed by atoms with Gasteiger partial charge in [-0.15, -0.1) is 24.0 Å². The van der Waals surface area contributed by atoms with Gasteiger partial charge in [-0.2, -0.15) is 0 Å². The number of hydrogen-bond acceptors (Lipinski definition) is 5. The van der Waals surface area contributed by atoms with Crippen molar-refractivity contribution < 1.29 is 9.63 Å². The van der Waals surface area contributed by atoms with Crippen molar-refractivity contribution in [2.45, 2.75) is 51.2 Å². The molecule has 0 aromatic carbocycles. The first-order chi connectivity index (χ1) is 12.1. The minimum absolute atomic E-state index is 0. The summed E-state index contributed by atoms with van der Waals surface area (Å²) in [6.07, 6.45) is 5.27. The molecule has 1 saturated heterocycles. The van der Waals surface area contributed by atoms with E-state index in [1.54, 1.807) is 0 Å². The summed E-state index contributed by atoms with van der Waals surface area (Å²) < 4.78 is 5.14. The molecule has 0 unspecified atom stereocenters. The van der Waals surface area contributed by atoms with Crippen LogP contribution in [0.3, 0.4) is 0 Å². The van der Waals surface area contributed by atoms with E-state index < -0.39 is 5.60 Å². The molecule has 26 heavy (non-hydrogen) atoms. The van der Waals surface area contributed by atoms with E-state index in [4.69, 9.17) is 4.52 Å². The Bertz CT molecular complexity index is 578. The van der Waals surface area contributed by atoms with Gasteiger partial charge >= 0.3 is 0 Å². The maximum atomic E-state index is 10.7. The third-order valence-corrected chi connectivity index (χ3v) is 5.31. The first-order valence-corrected chi connectivity index (χ1v) is 9.40. The predicted octanol–water partition coefficient (Wildman–Crippen LogP) is 1.99. The number of aliphatic imine (C=N–C) groups is 1. The number of guanidine groups is 1. The summed E-state index contributed by atoms with van der Waals surface area (Å²) in [5.74, 6) is 1.76. The number of nitrogens with one attached hydrogen (secondary N) is 1. The van der Waals surface area contributed by atoms with E-state index in [2.05, 4.69) is 25.3 Å². The second-order valence-electron chi connectivity index (χ2n) is 7.38. The molecule has 1 aliphatic heterocycles. The first-order valence-electron chi connectivity index (χ1n) is 9.40. The molecule has 1 aromatic heterocycles. The number of rotatable bonds is 4. The van der Waals surface area contributed by atoms with Gasteiger partial charge < -0.3 is 19.8 Å². The standard InChI is InChI=1S/C18H31N5O2.HI/c1-15-12-16(21-25-15)13-22-8-10-23(11-9-22)17(19-2)20-14-18(24)6-4-3-5-7-18;/h12,24H,3-11,13-14H2,1-2H3,(H,19,20);1H. The van der Waals surface area contributed by atoms with Gasteiger partial charge in [0.15, 0.2) is 5.96 Å². The van der Waals surface area contributed by atoms with Crippen molar-refractivity contribution in [1.82, 2.24) is 20.3 Å². The van der Waals surface area contributed by atoms with Crippen molar-refractivity contribution in [2.75, 3.05) is 39.8 Å². The Labute approximate surface area is 173 Å². The molecule has 1 saturated carbocycles. The van der Waals surface area contributed by atoms with Crippen molar-refractivity contribution in [3.05, 3.63) is 17.5 Å². The lowest BCUT2D eigenvalue weighted by atomic mass is 9.85. The molecule has 0 atom stereocenters. The second-order valence-corrected chi connectivity index (χ2v) is 7.38. The monoisotopic (exact) mass is 477 g/mol. The van der Waals surface area contributed by atoms with E-state index >= 15 is 0 Å². The lowest BCUT2D eigenvalue weighted by Crippen LogP contribution is -2.54. The lowest BCUT2D eigenvalue weighted by molar-refractivity contribution is 0.00790. The second kappa shape index (κ2) is 9.89. The van der Waals surface area contributed by atoms with E-state index in [0.29, 0.717) is 6.54 Å². The minimum Gasteiger partial charge on any atom is -0.388 e. The highest BCUT2D eigenvalue weighted by Crippen LogP contribution is 2.27. The van der Waals surface area contributed by atoms with Crippen LogP contribution in [-0.4, -0.2) is 71.4 Å². The highest BCUT2D eigenvalue weighted by molar-refractivity contribution is 14.0. The molecular weight excluding hydrogens is 445 g/mol. The fraction of sp³-hybridized carbons (Fsp3) is 0.778. The summed E-state index contributed by atoms with van der Waals surface area (Å²) >= 11 is 0. The lowest BCUT2D eigenvalue weighted by Gasteiger charge is -2.38. The van der Waals surface area contributed by atoms with Gasteiger partial charge in [0.1, 0.15) is 5.76 Å². The molecule has 0 bridgehead atoms. The molecule has 8 heteroatoms. The number of aryl methyl sites for hydroxylation is 1. The topological polar surface area (TPSA) is 77.1 Å².